The van der Waals surface area contributed by atoms with Gasteiger partial charge in [0, 0.05) is 4.91 Å². The molecule has 7 N–H and O–H groups in total. The van der Waals surface area contributed by atoms with Gasteiger partial charge in [-0.15, -0.1) is 0 Å². The average molecular weight is 367 g/mol. The molecule has 0 saturated carbocycles. The molecule has 0 aromatic rings. The summed E-state index contributed by atoms with van der Waals surface area (Å²) in [5.74, 6) is 0. The van der Waals surface area contributed by atoms with Gasteiger partial charge in [0.25, 0.3) is 0 Å². The lowest BCUT2D eigenvalue weighted by Gasteiger charge is -2.45. The van der Waals surface area contributed by atoms with Gasteiger partial charge in [-0.1, -0.05) is 5.11 Å². The second-order valence-electron chi connectivity index (χ2n) is 5.73. The van der Waals surface area contributed by atoms with E-state index in [-0.39, 0.29) is 0 Å². The molecule has 0 aromatic heterocycles. The Bertz CT molecular complexity index is 488. The molecule has 144 valence electrons. The molecule has 0 spiro atoms. The van der Waals surface area contributed by atoms with Crippen LogP contribution < -0.4 is 0 Å². The number of azide groups is 1. The molecule has 10 atom stereocenters. The number of nitrogens with zero attached hydrogens (tertiary/aromatic N) is 3. The summed E-state index contributed by atoms with van der Waals surface area (Å²) in [6.07, 6.45) is -15.4. The van der Waals surface area contributed by atoms with Crippen LogP contribution in [-0.2, 0) is 14.2 Å². The van der Waals surface area contributed by atoms with Crippen LogP contribution in [0.15, 0.2) is 5.11 Å². The molecule has 2 aliphatic rings. The maximum Gasteiger partial charge on any atom is 0.187 e. The summed E-state index contributed by atoms with van der Waals surface area (Å²) < 4.78 is 15.6. The third-order valence-electron chi connectivity index (χ3n) is 4.14. The molecule has 0 bridgehead atoms. The molecular formula is C12H21N3O10. The molecule has 0 aliphatic carbocycles. The summed E-state index contributed by atoms with van der Waals surface area (Å²) in [4.78, 5) is 2.46. The maximum absolute atomic E-state index is 10.1. The standard InChI is InChI=1S/C12H21N3O10/c13-15-14-11-8(21)7(20)10(4(2-17)23-11)25-12-9(22)6(19)5(18)3(1-16)24-12/h3-12,16-22H,1-2H2/t3?,4?,5-,6?,7?,8?,9?,10+,11+,12-/m0/s1. The summed E-state index contributed by atoms with van der Waals surface area (Å²) in [6, 6.07) is 0. The summed E-state index contributed by atoms with van der Waals surface area (Å²) in [5.41, 5.74) is 8.42. The van der Waals surface area contributed by atoms with Gasteiger partial charge in [0.1, 0.15) is 48.8 Å². The largest absolute Gasteiger partial charge is 0.394 e. The molecule has 0 amide bonds. The minimum atomic E-state index is -1.74. The molecular weight excluding hydrogens is 346 g/mol. The highest BCUT2D eigenvalue weighted by atomic mass is 16.7. The van der Waals surface area contributed by atoms with Crippen molar-refractivity contribution < 1.29 is 50.0 Å². The predicted octanol–water partition coefficient (Wildman–Crippen LogP) is -4.08. The number of aliphatic hydroxyl groups excluding tert-OH is 7. The fourth-order valence-electron chi connectivity index (χ4n) is 2.72. The van der Waals surface area contributed by atoms with E-state index < -0.39 is 74.6 Å². The Balaban J connectivity index is 2.15. The van der Waals surface area contributed by atoms with Gasteiger partial charge >= 0.3 is 0 Å². The van der Waals surface area contributed by atoms with E-state index in [1.165, 1.54) is 0 Å². The predicted molar refractivity (Wildman–Crippen MR) is 75.5 cm³/mol. The molecule has 2 rings (SSSR count). The van der Waals surface area contributed by atoms with Crippen molar-refractivity contribution in [2.75, 3.05) is 13.2 Å². The van der Waals surface area contributed by atoms with Gasteiger partial charge < -0.3 is 50.0 Å². The minimum Gasteiger partial charge on any atom is -0.394 e. The molecule has 25 heavy (non-hydrogen) atoms. The molecule has 6 unspecified atom stereocenters. The highest BCUT2D eigenvalue weighted by molar-refractivity contribution is 4.95. The van der Waals surface area contributed by atoms with Gasteiger partial charge in [-0.3, -0.25) is 0 Å². The lowest BCUT2D eigenvalue weighted by Crippen LogP contribution is -2.64. The molecule has 13 nitrogen and oxygen atoms in total. The van der Waals surface area contributed by atoms with E-state index in [9.17, 15) is 30.6 Å². The molecule has 2 heterocycles. The van der Waals surface area contributed by atoms with Crippen LogP contribution in [0.1, 0.15) is 0 Å². The first kappa shape index (κ1) is 20.2. The summed E-state index contributed by atoms with van der Waals surface area (Å²) >= 11 is 0. The van der Waals surface area contributed by atoms with Crippen LogP contribution in [0, 0.1) is 0 Å². The Kier molecular flexibility index (Phi) is 6.90. The third-order valence-corrected chi connectivity index (χ3v) is 4.14. The van der Waals surface area contributed by atoms with Crippen molar-refractivity contribution in [3.8, 4) is 0 Å². The highest BCUT2D eigenvalue weighted by Gasteiger charge is 2.50. The van der Waals surface area contributed by atoms with Gasteiger partial charge in [0.2, 0.25) is 0 Å². The molecule has 2 saturated heterocycles. The van der Waals surface area contributed by atoms with Crippen molar-refractivity contribution >= 4 is 0 Å². The van der Waals surface area contributed by atoms with Crippen molar-refractivity contribution in [2.24, 2.45) is 5.11 Å². The zero-order chi connectivity index (χ0) is 18.7. The van der Waals surface area contributed by atoms with Crippen molar-refractivity contribution in [2.45, 2.75) is 61.3 Å². The molecule has 2 fully saturated rings. The molecule has 0 radical (unpaired) electrons. The van der Waals surface area contributed by atoms with E-state index in [1.807, 2.05) is 0 Å². The SMILES string of the molecule is [N-]=[N+]=N[C@@H]1OC(CO)[C@@H](O[C@@H]2OC(CO)[C@H](O)C(O)C2O)C(O)C1O. The summed E-state index contributed by atoms with van der Waals surface area (Å²) in [7, 11) is 0. The van der Waals surface area contributed by atoms with Crippen LogP contribution in [0.4, 0.5) is 0 Å². The van der Waals surface area contributed by atoms with E-state index >= 15 is 0 Å². The maximum atomic E-state index is 10.1. The van der Waals surface area contributed by atoms with Gasteiger partial charge in [0.05, 0.1) is 13.2 Å². The third kappa shape index (κ3) is 4.02. The van der Waals surface area contributed by atoms with Crippen molar-refractivity contribution in [3.05, 3.63) is 10.4 Å². The summed E-state index contributed by atoms with van der Waals surface area (Å²) in [5, 5.41) is 71.1. The van der Waals surface area contributed by atoms with Gasteiger partial charge in [0.15, 0.2) is 12.5 Å². The zero-order valence-electron chi connectivity index (χ0n) is 12.9. The Hall–Kier alpha value is -1.09. The summed E-state index contributed by atoms with van der Waals surface area (Å²) in [6.45, 7) is -1.37. The van der Waals surface area contributed by atoms with Crippen molar-refractivity contribution in [1.29, 1.82) is 0 Å². The Morgan fingerprint density at radius 3 is 2.04 bits per heavy atom. The van der Waals surface area contributed by atoms with Crippen molar-refractivity contribution in [3.63, 3.8) is 0 Å². The van der Waals surface area contributed by atoms with Crippen molar-refractivity contribution in [1.82, 2.24) is 0 Å². The zero-order valence-corrected chi connectivity index (χ0v) is 12.9. The van der Waals surface area contributed by atoms with Gasteiger partial charge in [-0.05, 0) is 5.53 Å². The molecule has 13 heteroatoms. The first-order chi connectivity index (χ1) is 11.8. The number of ether oxygens (including phenoxy) is 3. The molecule has 2 aliphatic heterocycles. The van der Waals surface area contributed by atoms with E-state index in [0.29, 0.717) is 0 Å². The van der Waals surface area contributed by atoms with Gasteiger partial charge in [-0.25, -0.2) is 0 Å². The topological polar surface area (TPSA) is 218 Å². The quantitative estimate of drug-likeness (QED) is 0.141. The monoisotopic (exact) mass is 367 g/mol. The average Bonchev–Trinajstić information content (AvgIpc) is 2.61. The van der Waals surface area contributed by atoms with Crippen LogP contribution in [-0.4, -0.2) is 110 Å². The second-order valence-corrected chi connectivity index (χ2v) is 5.73. The normalized spacial score (nSPS) is 48.0. The number of hydrogen-bond acceptors (Lipinski definition) is 11. The van der Waals surface area contributed by atoms with E-state index in [4.69, 9.17) is 24.8 Å². The minimum absolute atomic E-state index is 0.681. The number of hydrogen-bond donors (Lipinski definition) is 7. The lowest BCUT2D eigenvalue weighted by atomic mass is 9.96. The second kappa shape index (κ2) is 8.53. The van der Waals surface area contributed by atoms with E-state index in [0.717, 1.165) is 0 Å². The van der Waals surface area contributed by atoms with Crippen LogP contribution in [0.3, 0.4) is 0 Å². The van der Waals surface area contributed by atoms with Crippen LogP contribution in [0.5, 0.6) is 0 Å². The number of aliphatic hydroxyl groups is 7. The van der Waals surface area contributed by atoms with E-state index in [1.54, 1.807) is 0 Å². The van der Waals surface area contributed by atoms with Crippen LogP contribution in [0.2, 0.25) is 0 Å². The number of rotatable bonds is 5. The van der Waals surface area contributed by atoms with E-state index in [2.05, 4.69) is 10.0 Å². The van der Waals surface area contributed by atoms with Gasteiger partial charge in [-0.2, -0.15) is 0 Å². The smallest absolute Gasteiger partial charge is 0.187 e. The molecule has 0 aromatic carbocycles. The van der Waals surface area contributed by atoms with Crippen LogP contribution >= 0.6 is 0 Å². The first-order valence-electron chi connectivity index (χ1n) is 7.48. The Morgan fingerprint density at radius 2 is 1.48 bits per heavy atom. The fraction of sp³-hybridized carbons (Fsp3) is 1.00. The Morgan fingerprint density at radius 1 is 0.840 bits per heavy atom. The fourth-order valence-corrected chi connectivity index (χ4v) is 2.72. The van der Waals surface area contributed by atoms with Crippen LogP contribution in [0.25, 0.3) is 10.4 Å². The first-order valence-corrected chi connectivity index (χ1v) is 7.48. The Labute approximate surface area is 141 Å². The highest BCUT2D eigenvalue weighted by Crippen LogP contribution is 2.29. The lowest BCUT2D eigenvalue weighted by molar-refractivity contribution is -0.341.